The van der Waals surface area contributed by atoms with Crippen molar-refractivity contribution in [3.8, 4) is 0 Å². The number of fused-ring (bicyclic) bond motifs is 1. The number of thiazole rings is 1. The number of nitrogens with zero attached hydrogens (tertiary/aromatic N) is 3. The Balaban J connectivity index is 2.43. The minimum Gasteiger partial charge on any atom is -0.311 e. The fourth-order valence-corrected chi connectivity index (χ4v) is 2.40. The van der Waals surface area contributed by atoms with E-state index in [1.54, 1.807) is 23.7 Å². The molecule has 4 nitrogen and oxygen atoms in total. The molecule has 2 aromatic rings. The third-order valence-corrected chi connectivity index (χ3v) is 3.18. The number of hydrogen-bond acceptors (Lipinski definition) is 5. The lowest BCUT2D eigenvalue weighted by atomic mass is 10.2. The molecule has 74 valence electrons. The quantitative estimate of drug-likeness (QED) is 0.835. The molecule has 0 spiro atoms. The largest absolute Gasteiger partial charge is 0.311 e. The monoisotopic (exact) mass is 208 g/mol. The van der Waals surface area contributed by atoms with Crippen LogP contribution in [0.5, 0.6) is 0 Å². The first kappa shape index (κ1) is 9.48. The van der Waals surface area contributed by atoms with E-state index >= 15 is 0 Å². The van der Waals surface area contributed by atoms with E-state index in [0.29, 0.717) is 6.04 Å². The first-order valence-corrected chi connectivity index (χ1v) is 5.41. The molecule has 1 unspecified atom stereocenters. The van der Waals surface area contributed by atoms with Gasteiger partial charge < -0.3 is 5.32 Å². The van der Waals surface area contributed by atoms with Gasteiger partial charge in [-0.3, -0.25) is 0 Å². The summed E-state index contributed by atoms with van der Waals surface area (Å²) in [5.41, 5.74) is 0.751. The molecule has 0 saturated carbocycles. The van der Waals surface area contributed by atoms with Crippen LogP contribution in [-0.2, 0) is 0 Å². The van der Waals surface area contributed by atoms with Gasteiger partial charge in [0, 0.05) is 12.4 Å². The number of rotatable bonds is 3. The van der Waals surface area contributed by atoms with Gasteiger partial charge in [0.15, 0.2) is 10.5 Å². The lowest BCUT2D eigenvalue weighted by Gasteiger charge is -2.08. The van der Waals surface area contributed by atoms with E-state index in [-0.39, 0.29) is 0 Å². The summed E-state index contributed by atoms with van der Waals surface area (Å²) < 4.78 is 0. The zero-order valence-electron chi connectivity index (χ0n) is 8.19. The second kappa shape index (κ2) is 3.98. The summed E-state index contributed by atoms with van der Waals surface area (Å²) in [5.74, 6) is 0. The molecule has 0 aromatic carbocycles. The fraction of sp³-hybridized carbons (Fsp3) is 0.444. The van der Waals surface area contributed by atoms with Crippen LogP contribution in [0.4, 0.5) is 0 Å². The highest BCUT2D eigenvalue weighted by Gasteiger charge is 2.12. The molecule has 0 aliphatic heterocycles. The average Bonchev–Trinajstić information content (AvgIpc) is 2.63. The van der Waals surface area contributed by atoms with Gasteiger partial charge in [-0.15, -0.1) is 0 Å². The second-order valence-corrected chi connectivity index (χ2v) is 4.00. The molecule has 0 aliphatic rings. The Labute approximate surface area is 86.4 Å². The predicted octanol–water partition coefficient (Wildman–Crippen LogP) is 1.76. The topological polar surface area (TPSA) is 50.7 Å². The van der Waals surface area contributed by atoms with Crippen LogP contribution in [0.2, 0.25) is 0 Å². The normalized spacial score (nSPS) is 13.3. The van der Waals surface area contributed by atoms with Crippen molar-refractivity contribution >= 4 is 21.8 Å². The van der Waals surface area contributed by atoms with Gasteiger partial charge in [0.2, 0.25) is 0 Å². The molecule has 0 aliphatic carbocycles. The van der Waals surface area contributed by atoms with Gasteiger partial charge in [-0.2, -0.15) is 0 Å². The first-order valence-electron chi connectivity index (χ1n) is 4.60. The van der Waals surface area contributed by atoms with Crippen molar-refractivity contribution in [2.24, 2.45) is 0 Å². The lowest BCUT2D eigenvalue weighted by molar-refractivity contribution is 0.574. The van der Waals surface area contributed by atoms with E-state index in [0.717, 1.165) is 21.9 Å². The SMILES string of the molecule is CCC(NC)c1nc2nccnc2s1. The summed E-state index contributed by atoms with van der Waals surface area (Å²) in [7, 11) is 1.95. The van der Waals surface area contributed by atoms with Gasteiger partial charge in [-0.05, 0) is 13.5 Å². The van der Waals surface area contributed by atoms with Crippen LogP contribution in [0.15, 0.2) is 12.4 Å². The van der Waals surface area contributed by atoms with Gasteiger partial charge >= 0.3 is 0 Å². The molecule has 0 fully saturated rings. The van der Waals surface area contributed by atoms with Crippen molar-refractivity contribution in [3.05, 3.63) is 17.4 Å². The molecule has 2 heterocycles. The van der Waals surface area contributed by atoms with E-state index in [1.165, 1.54) is 0 Å². The van der Waals surface area contributed by atoms with Gasteiger partial charge in [0.1, 0.15) is 5.01 Å². The first-order chi connectivity index (χ1) is 6.85. The number of nitrogens with one attached hydrogen (secondary N) is 1. The Morgan fingerprint density at radius 3 is 2.86 bits per heavy atom. The van der Waals surface area contributed by atoms with Crippen LogP contribution in [0.3, 0.4) is 0 Å². The molecule has 2 rings (SSSR count). The average molecular weight is 208 g/mol. The van der Waals surface area contributed by atoms with Crippen LogP contribution >= 0.6 is 11.3 Å². The van der Waals surface area contributed by atoms with Crippen molar-refractivity contribution in [2.45, 2.75) is 19.4 Å². The zero-order chi connectivity index (χ0) is 9.97. The summed E-state index contributed by atoms with van der Waals surface area (Å²) in [4.78, 5) is 13.7. The maximum absolute atomic E-state index is 4.44. The molecule has 14 heavy (non-hydrogen) atoms. The van der Waals surface area contributed by atoms with E-state index < -0.39 is 0 Å². The van der Waals surface area contributed by atoms with E-state index in [4.69, 9.17) is 0 Å². The van der Waals surface area contributed by atoms with Crippen molar-refractivity contribution in [1.82, 2.24) is 20.3 Å². The maximum Gasteiger partial charge on any atom is 0.189 e. The molecular formula is C9H12N4S. The Bertz CT molecular complexity index is 388. The van der Waals surface area contributed by atoms with Crippen LogP contribution in [-0.4, -0.2) is 22.0 Å². The van der Waals surface area contributed by atoms with Gasteiger partial charge in [-0.25, -0.2) is 15.0 Å². The standard InChI is InChI=1S/C9H12N4S/c1-3-6(10-2)8-13-7-9(14-8)12-5-4-11-7/h4-6,10H,3H2,1-2H3. The Hall–Kier alpha value is -1.07. The molecule has 1 N–H and O–H groups in total. The van der Waals surface area contributed by atoms with Gasteiger partial charge in [0.05, 0.1) is 6.04 Å². The molecular weight excluding hydrogens is 196 g/mol. The van der Waals surface area contributed by atoms with Crippen molar-refractivity contribution in [1.29, 1.82) is 0 Å². The molecule has 0 saturated heterocycles. The number of aromatic nitrogens is 3. The van der Waals surface area contributed by atoms with Crippen LogP contribution in [0.25, 0.3) is 10.5 Å². The highest BCUT2D eigenvalue weighted by molar-refractivity contribution is 7.18. The van der Waals surface area contributed by atoms with E-state index in [9.17, 15) is 0 Å². The van der Waals surface area contributed by atoms with Crippen LogP contribution < -0.4 is 5.32 Å². The summed E-state index contributed by atoms with van der Waals surface area (Å²) in [6.07, 6.45) is 4.40. The lowest BCUT2D eigenvalue weighted by Crippen LogP contribution is -2.14. The molecule has 0 bridgehead atoms. The summed E-state index contributed by atoms with van der Waals surface area (Å²) in [6.45, 7) is 2.13. The van der Waals surface area contributed by atoms with Crippen LogP contribution in [0.1, 0.15) is 24.4 Å². The minimum atomic E-state index is 0.316. The molecule has 0 radical (unpaired) electrons. The third-order valence-electron chi connectivity index (χ3n) is 2.12. The Morgan fingerprint density at radius 2 is 2.21 bits per heavy atom. The van der Waals surface area contributed by atoms with Gasteiger partial charge in [0.25, 0.3) is 0 Å². The molecule has 5 heteroatoms. The zero-order valence-corrected chi connectivity index (χ0v) is 9.01. The molecule has 1 atom stereocenters. The highest BCUT2D eigenvalue weighted by Crippen LogP contribution is 2.24. The van der Waals surface area contributed by atoms with E-state index in [2.05, 4.69) is 27.2 Å². The Kier molecular flexibility index (Phi) is 2.69. The second-order valence-electron chi connectivity index (χ2n) is 2.99. The van der Waals surface area contributed by atoms with Crippen molar-refractivity contribution in [2.75, 3.05) is 7.05 Å². The smallest absolute Gasteiger partial charge is 0.189 e. The van der Waals surface area contributed by atoms with Crippen LogP contribution in [0, 0.1) is 0 Å². The number of hydrogen-bond donors (Lipinski definition) is 1. The van der Waals surface area contributed by atoms with Crippen molar-refractivity contribution < 1.29 is 0 Å². The third kappa shape index (κ3) is 1.60. The van der Waals surface area contributed by atoms with Gasteiger partial charge in [-0.1, -0.05) is 18.3 Å². The minimum absolute atomic E-state index is 0.316. The molecule has 0 amide bonds. The Morgan fingerprint density at radius 1 is 1.43 bits per heavy atom. The molecule has 2 aromatic heterocycles. The summed E-state index contributed by atoms with van der Waals surface area (Å²) >= 11 is 1.61. The maximum atomic E-state index is 4.44. The fourth-order valence-electron chi connectivity index (χ4n) is 1.34. The summed E-state index contributed by atoms with van der Waals surface area (Å²) in [6, 6.07) is 0.316. The van der Waals surface area contributed by atoms with Crippen molar-refractivity contribution in [3.63, 3.8) is 0 Å². The highest BCUT2D eigenvalue weighted by atomic mass is 32.1. The van der Waals surface area contributed by atoms with E-state index in [1.807, 2.05) is 7.05 Å². The predicted molar refractivity (Wildman–Crippen MR) is 57.3 cm³/mol. The summed E-state index contributed by atoms with van der Waals surface area (Å²) in [5, 5.41) is 4.29.